The Bertz CT molecular complexity index is 509. The van der Waals surface area contributed by atoms with Gasteiger partial charge in [0, 0.05) is 13.1 Å². The Morgan fingerprint density at radius 1 is 1.25 bits per heavy atom. The molecule has 2 aromatic rings. The van der Waals surface area contributed by atoms with Crippen molar-refractivity contribution < 1.29 is 0 Å². The highest BCUT2D eigenvalue weighted by Crippen LogP contribution is 2.14. The van der Waals surface area contributed by atoms with Crippen molar-refractivity contribution in [1.82, 2.24) is 14.9 Å². The molecule has 0 aliphatic carbocycles. The highest BCUT2D eigenvalue weighted by Gasteiger charge is 2.13. The van der Waals surface area contributed by atoms with Gasteiger partial charge >= 0.3 is 0 Å². The minimum atomic E-state index is 0.640. The lowest BCUT2D eigenvalue weighted by molar-refractivity contribution is 0.204. The first kappa shape index (κ1) is 13.4. The van der Waals surface area contributed by atoms with Gasteiger partial charge in [0.1, 0.15) is 0 Å². The maximum atomic E-state index is 4.55. The van der Waals surface area contributed by atoms with E-state index < -0.39 is 0 Å². The van der Waals surface area contributed by atoms with Gasteiger partial charge < -0.3 is 15.2 Å². The van der Waals surface area contributed by atoms with Crippen molar-refractivity contribution in [3.05, 3.63) is 24.3 Å². The topological polar surface area (TPSA) is 44.0 Å². The van der Waals surface area contributed by atoms with Crippen LogP contribution in [-0.4, -0.2) is 41.0 Å². The van der Waals surface area contributed by atoms with Crippen LogP contribution in [0.25, 0.3) is 11.0 Å². The first-order valence-electron chi connectivity index (χ1n) is 7.72. The van der Waals surface area contributed by atoms with E-state index in [1.54, 1.807) is 0 Å². The second-order valence-electron chi connectivity index (χ2n) is 5.95. The van der Waals surface area contributed by atoms with E-state index in [4.69, 9.17) is 0 Å². The third-order valence-electron chi connectivity index (χ3n) is 4.03. The molecular weight excluding hydrogens is 248 g/mol. The Labute approximate surface area is 120 Å². The number of H-pyrrole nitrogens is 1. The SMILES string of the molecule is CC(CNc1nc2ccccc2[nH]1)CN1CCCCC1. The van der Waals surface area contributed by atoms with Gasteiger partial charge in [-0.15, -0.1) is 0 Å². The molecule has 1 saturated heterocycles. The number of anilines is 1. The number of nitrogens with zero attached hydrogens (tertiary/aromatic N) is 2. The number of aromatic amines is 1. The second-order valence-corrected chi connectivity index (χ2v) is 5.95. The predicted molar refractivity (Wildman–Crippen MR) is 84.0 cm³/mol. The maximum absolute atomic E-state index is 4.55. The van der Waals surface area contributed by atoms with E-state index in [9.17, 15) is 0 Å². The van der Waals surface area contributed by atoms with Gasteiger partial charge in [-0.1, -0.05) is 25.5 Å². The van der Waals surface area contributed by atoms with E-state index in [2.05, 4.69) is 33.2 Å². The van der Waals surface area contributed by atoms with Crippen LogP contribution in [0.4, 0.5) is 5.95 Å². The number of piperidine rings is 1. The molecule has 1 fully saturated rings. The summed E-state index contributed by atoms with van der Waals surface area (Å²) in [4.78, 5) is 10.5. The van der Waals surface area contributed by atoms with E-state index in [0.717, 1.165) is 23.5 Å². The molecule has 0 spiro atoms. The van der Waals surface area contributed by atoms with Crippen molar-refractivity contribution in [2.24, 2.45) is 5.92 Å². The number of imidazole rings is 1. The van der Waals surface area contributed by atoms with Crippen LogP contribution in [0, 0.1) is 5.92 Å². The van der Waals surface area contributed by atoms with Gasteiger partial charge in [0.05, 0.1) is 11.0 Å². The smallest absolute Gasteiger partial charge is 0.201 e. The fourth-order valence-corrected chi connectivity index (χ4v) is 2.95. The van der Waals surface area contributed by atoms with Crippen LogP contribution < -0.4 is 5.32 Å². The van der Waals surface area contributed by atoms with Gasteiger partial charge in [-0.25, -0.2) is 4.98 Å². The van der Waals surface area contributed by atoms with Crippen LogP contribution in [-0.2, 0) is 0 Å². The second kappa shape index (κ2) is 6.27. The lowest BCUT2D eigenvalue weighted by atomic mass is 10.1. The molecule has 0 saturated carbocycles. The number of fused-ring (bicyclic) bond motifs is 1. The van der Waals surface area contributed by atoms with E-state index in [0.29, 0.717) is 5.92 Å². The number of likely N-dealkylation sites (tertiary alicyclic amines) is 1. The molecule has 0 amide bonds. The fourth-order valence-electron chi connectivity index (χ4n) is 2.95. The quantitative estimate of drug-likeness (QED) is 0.879. The summed E-state index contributed by atoms with van der Waals surface area (Å²) < 4.78 is 0. The van der Waals surface area contributed by atoms with E-state index in [1.807, 2.05) is 18.2 Å². The number of rotatable bonds is 5. The molecular formula is C16H24N4. The first-order valence-corrected chi connectivity index (χ1v) is 7.72. The summed E-state index contributed by atoms with van der Waals surface area (Å²) in [5.74, 6) is 1.53. The average molecular weight is 272 g/mol. The third-order valence-corrected chi connectivity index (χ3v) is 4.03. The zero-order chi connectivity index (χ0) is 13.8. The number of hydrogen-bond acceptors (Lipinski definition) is 3. The van der Waals surface area contributed by atoms with Crippen LogP contribution in [0.5, 0.6) is 0 Å². The number of nitrogens with one attached hydrogen (secondary N) is 2. The predicted octanol–water partition coefficient (Wildman–Crippen LogP) is 3.10. The van der Waals surface area contributed by atoms with Crippen molar-refractivity contribution in [3.8, 4) is 0 Å². The Kier molecular flexibility index (Phi) is 4.21. The largest absolute Gasteiger partial charge is 0.355 e. The Hall–Kier alpha value is -1.55. The molecule has 3 rings (SSSR count). The van der Waals surface area contributed by atoms with Gasteiger partial charge in [0.15, 0.2) is 0 Å². The molecule has 108 valence electrons. The number of aromatic nitrogens is 2. The monoisotopic (exact) mass is 272 g/mol. The molecule has 1 atom stereocenters. The van der Waals surface area contributed by atoms with Crippen molar-refractivity contribution >= 4 is 17.0 Å². The zero-order valence-electron chi connectivity index (χ0n) is 12.2. The Morgan fingerprint density at radius 2 is 2.05 bits per heavy atom. The van der Waals surface area contributed by atoms with Crippen LogP contribution in [0.2, 0.25) is 0 Å². The molecule has 2 heterocycles. The standard InChI is InChI=1S/C16H24N4/c1-13(12-20-9-5-2-6-10-20)11-17-16-18-14-7-3-4-8-15(14)19-16/h3-4,7-8,13H,2,5-6,9-12H2,1H3,(H2,17,18,19). The fraction of sp³-hybridized carbons (Fsp3) is 0.562. The van der Waals surface area contributed by atoms with Gasteiger partial charge in [-0.2, -0.15) is 0 Å². The number of benzene rings is 1. The maximum Gasteiger partial charge on any atom is 0.201 e. The van der Waals surface area contributed by atoms with Gasteiger partial charge in [-0.05, 0) is 44.0 Å². The van der Waals surface area contributed by atoms with Crippen LogP contribution in [0.3, 0.4) is 0 Å². The minimum Gasteiger partial charge on any atom is -0.355 e. The zero-order valence-corrected chi connectivity index (χ0v) is 12.2. The summed E-state index contributed by atoms with van der Waals surface area (Å²) in [5, 5.41) is 3.43. The molecule has 1 aromatic carbocycles. The lowest BCUT2D eigenvalue weighted by Gasteiger charge is -2.29. The molecule has 4 heteroatoms. The molecule has 0 bridgehead atoms. The lowest BCUT2D eigenvalue weighted by Crippen LogP contribution is -2.35. The highest BCUT2D eigenvalue weighted by molar-refractivity contribution is 5.77. The summed E-state index contributed by atoms with van der Waals surface area (Å²) in [5.41, 5.74) is 2.12. The first-order chi connectivity index (χ1) is 9.81. The van der Waals surface area contributed by atoms with Gasteiger partial charge in [0.25, 0.3) is 0 Å². The van der Waals surface area contributed by atoms with Gasteiger partial charge in [0.2, 0.25) is 5.95 Å². The number of para-hydroxylation sites is 2. The highest BCUT2D eigenvalue weighted by atomic mass is 15.1. The van der Waals surface area contributed by atoms with E-state index in [1.165, 1.54) is 38.9 Å². The summed E-state index contributed by atoms with van der Waals surface area (Å²) in [6.45, 7) is 7.01. The van der Waals surface area contributed by atoms with Gasteiger partial charge in [-0.3, -0.25) is 0 Å². The molecule has 4 nitrogen and oxygen atoms in total. The number of hydrogen-bond donors (Lipinski definition) is 2. The van der Waals surface area contributed by atoms with E-state index >= 15 is 0 Å². The summed E-state index contributed by atoms with van der Waals surface area (Å²) >= 11 is 0. The molecule has 0 radical (unpaired) electrons. The van der Waals surface area contributed by atoms with Crippen molar-refractivity contribution in [2.45, 2.75) is 26.2 Å². The summed E-state index contributed by atoms with van der Waals surface area (Å²) in [6.07, 6.45) is 4.13. The third kappa shape index (κ3) is 3.31. The normalized spacial score (nSPS) is 18.2. The molecule has 2 N–H and O–H groups in total. The Morgan fingerprint density at radius 3 is 2.85 bits per heavy atom. The Balaban J connectivity index is 1.50. The molecule has 20 heavy (non-hydrogen) atoms. The van der Waals surface area contributed by atoms with Crippen LogP contribution in [0.15, 0.2) is 24.3 Å². The molecule has 1 aliphatic rings. The molecule has 1 aromatic heterocycles. The van der Waals surface area contributed by atoms with Crippen molar-refractivity contribution in [1.29, 1.82) is 0 Å². The van der Waals surface area contributed by atoms with Crippen molar-refractivity contribution in [3.63, 3.8) is 0 Å². The van der Waals surface area contributed by atoms with Crippen molar-refractivity contribution in [2.75, 3.05) is 31.5 Å². The average Bonchev–Trinajstić information content (AvgIpc) is 2.89. The molecule has 1 aliphatic heterocycles. The summed E-state index contributed by atoms with van der Waals surface area (Å²) in [7, 11) is 0. The molecule has 1 unspecified atom stereocenters. The van der Waals surface area contributed by atoms with Crippen LogP contribution >= 0.6 is 0 Å². The minimum absolute atomic E-state index is 0.640. The summed E-state index contributed by atoms with van der Waals surface area (Å²) in [6, 6.07) is 8.15. The van der Waals surface area contributed by atoms with E-state index in [-0.39, 0.29) is 0 Å². The van der Waals surface area contributed by atoms with Crippen LogP contribution in [0.1, 0.15) is 26.2 Å².